The molecule has 2 atom stereocenters. The highest BCUT2D eigenvalue weighted by atomic mass is 16.5. The number of carbonyl (C=O) groups is 2. The van der Waals surface area contributed by atoms with Gasteiger partial charge in [-0.25, -0.2) is 4.79 Å². The Balaban J connectivity index is 1.44. The van der Waals surface area contributed by atoms with Crippen molar-refractivity contribution in [3.63, 3.8) is 0 Å². The number of aliphatic hydroxyl groups excluding tert-OH is 1. The van der Waals surface area contributed by atoms with Gasteiger partial charge in [-0.1, -0.05) is 54.6 Å². The van der Waals surface area contributed by atoms with Crippen molar-refractivity contribution in [1.29, 1.82) is 0 Å². The third kappa shape index (κ3) is 4.47. The standard InChI is InChI=1S/C27H28N2O5/c1-4-7-18-10-13-23(24(14-18)33-3)34-17-22(30)16-29-25(31)27(2,28-26(29)32)21-12-11-19-8-5-6-9-20(19)15-21/h4-15,22,30H,16-17H2,1-3H3,(H,28,32)/b7-4+. The topological polar surface area (TPSA) is 88.1 Å². The summed E-state index contributed by atoms with van der Waals surface area (Å²) in [4.78, 5) is 26.9. The fourth-order valence-electron chi connectivity index (χ4n) is 4.11. The molecule has 7 nitrogen and oxygen atoms in total. The summed E-state index contributed by atoms with van der Waals surface area (Å²) in [5.74, 6) is 0.579. The average Bonchev–Trinajstić information content (AvgIpc) is 3.06. The van der Waals surface area contributed by atoms with E-state index in [1.807, 2.05) is 73.7 Å². The molecular weight excluding hydrogens is 432 g/mol. The largest absolute Gasteiger partial charge is 0.493 e. The molecule has 0 aromatic heterocycles. The molecule has 2 N–H and O–H groups in total. The molecule has 1 aliphatic rings. The number of nitrogens with zero attached hydrogens (tertiary/aromatic N) is 1. The van der Waals surface area contributed by atoms with E-state index in [0.29, 0.717) is 17.1 Å². The first-order valence-corrected chi connectivity index (χ1v) is 11.1. The Kier molecular flexibility index (Phi) is 6.56. The predicted molar refractivity (Wildman–Crippen MR) is 131 cm³/mol. The van der Waals surface area contributed by atoms with Crippen molar-refractivity contribution in [2.24, 2.45) is 0 Å². The SMILES string of the molecule is C/C=C/c1ccc(OCC(O)CN2C(=O)NC(C)(c3ccc4ccccc4c3)C2=O)c(OC)c1. The summed E-state index contributed by atoms with van der Waals surface area (Å²) in [5.41, 5.74) is 0.427. The van der Waals surface area contributed by atoms with Crippen LogP contribution in [0.2, 0.25) is 0 Å². The molecule has 3 aromatic carbocycles. The molecule has 7 heteroatoms. The van der Waals surface area contributed by atoms with Gasteiger partial charge < -0.3 is 19.9 Å². The summed E-state index contributed by atoms with van der Waals surface area (Å²) in [5, 5.41) is 15.3. The first kappa shape index (κ1) is 23.3. The van der Waals surface area contributed by atoms with Gasteiger partial charge in [0, 0.05) is 0 Å². The van der Waals surface area contributed by atoms with E-state index >= 15 is 0 Å². The molecule has 2 unspecified atom stereocenters. The highest BCUT2D eigenvalue weighted by Gasteiger charge is 2.49. The maximum atomic E-state index is 13.2. The van der Waals surface area contributed by atoms with Crippen LogP contribution in [0.15, 0.2) is 66.7 Å². The van der Waals surface area contributed by atoms with Crippen LogP contribution >= 0.6 is 0 Å². The van der Waals surface area contributed by atoms with Gasteiger partial charge in [0.1, 0.15) is 18.2 Å². The zero-order valence-electron chi connectivity index (χ0n) is 19.4. The first-order valence-electron chi connectivity index (χ1n) is 11.1. The van der Waals surface area contributed by atoms with Gasteiger partial charge in [0.05, 0.1) is 13.7 Å². The summed E-state index contributed by atoms with van der Waals surface area (Å²) in [6.45, 7) is 3.31. The molecule has 3 amide bonds. The second-order valence-electron chi connectivity index (χ2n) is 8.41. The van der Waals surface area contributed by atoms with Crippen LogP contribution in [0.3, 0.4) is 0 Å². The Hall–Kier alpha value is -3.84. The van der Waals surface area contributed by atoms with Crippen molar-refractivity contribution in [1.82, 2.24) is 10.2 Å². The number of urea groups is 1. The lowest BCUT2D eigenvalue weighted by Gasteiger charge is -2.23. The molecule has 3 aromatic rings. The van der Waals surface area contributed by atoms with Crippen molar-refractivity contribution in [3.8, 4) is 11.5 Å². The fourth-order valence-corrected chi connectivity index (χ4v) is 4.11. The average molecular weight is 461 g/mol. The maximum Gasteiger partial charge on any atom is 0.325 e. The van der Waals surface area contributed by atoms with E-state index in [9.17, 15) is 14.7 Å². The van der Waals surface area contributed by atoms with Crippen LogP contribution in [0, 0.1) is 0 Å². The van der Waals surface area contributed by atoms with Gasteiger partial charge in [-0.2, -0.15) is 0 Å². The van der Waals surface area contributed by atoms with E-state index in [2.05, 4.69) is 5.32 Å². The minimum atomic E-state index is -1.21. The third-order valence-electron chi connectivity index (χ3n) is 5.97. The van der Waals surface area contributed by atoms with Crippen molar-refractivity contribution in [2.45, 2.75) is 25.5 Å². The normalized spacial score (nSPS) is 19.0. The Morgan fingerprint density at radius 3 is 2.56 bits per heavy atom. The van der Waals surface area contributed by atoms with E-state index in [-0.39, 0.29) is 13.2 Å². The number of rotatable bonds is 8. The summed E-state index contributed by atoms with van der Waals surface area (Å²) >= 11 is 0. The minimum absolute atomic E-state index is 0.108. The number of ether oxygens (including phenoxy) is 2. The molecule has 0 spiro atoms. The second-order valence-corrected chi connectivity index (χ2v) is 8.41. The number of aliphatic hydroxyl groups is 1. The summed E-state index contributed by atoms with van der Waals surface area (Å²) in [7, 11) is 1.54. The molecule has 0 saturated carbocycles. The van der Waals surface area contributed by atoms with Gasteiger partial charge in [-0.15, -0.1) is 0 Å². The highest BCUT2D eigenvalue weighted by molar-refractivity contribution is 6.07. The maximum absolute atomic E-state index is 13.2. The Bertz CT molecular complexity index is 1250. The second kappa shape index (κ2) is 9.57. The van der Waals surface area contributed by atoms with E-state index in [0.717, 1.165) is 21.2 Å². The van der Waals surface area contributed by atoms with Crippen LogP contribution in [0.5, 0.6) is 11.5 Å². The molecule has 1 heterocycles. The number of allylic oxidation sites excluding steroid dienone is 1. The highest BCUT2D eigenvalue weighted by Crippen LogP contribution is 2.32. The first-order chi connectivity index (χ1) is 16.4. The number of β-amino-alcohol motifs (C(OH)–C–C–N with tert-alkyl or cyclic N) is 1. The van der Waals surface area contributed by atoms with E-state index in [4.69, 9.17) is 9.47 Å². The van der Waals surface area contributed by atoms with Crippen LogP contribution in [0.25, 0.3) is 16.8 Å². The lowest BCUT2D eigenvalue weighted by atomic mass is 9.90. The molecule has 0 aliphatic carbocycles. The van der Waals surface area contributed by atoms with Crippen molar-refractivity contribution in [3.05, 3.63) is 77.9 Å². The fraction of sp³-hybridized carbons (Fsp3) is 0.259. The van der Waals surface area contributed by atoms with Gasteiger partial charge in [0.25, 0.3) is 5.91 Å². The van der Waals surface area contributed by atoms with Crippen molar-refractivity contribution >= 4 is 28.8 Å². The number of imide groups is 1. The molecule has 0 bridgehead atoms. The van der Waals surface area contributed by atoms with Gasteiger partial charge in [0.15, 0.2) is 11.5 Å². The lowest BCUT2D eigenvalue weighted by Crippen LogP contribution is -2.42. The summed E-state index contributed by atoms with van der Waals surface area (Å²) < 4.78 is 11.1. The van der Waals surface area contributed by atoms with Gasteiger partial charge in [0.2, 0.25) is 0 Å². The van der Waals surface area contributed by atoms with Crippen LogP contribution in [0.4, 0.5) is 4.79 Å². The van der Waals surface area contributed by atoms with E-state index in [1.54, 1.807) is 20.1 Å². The summed E-state index contributed by atoms with van der Waals surface area (Å²) in [6.07, 6.45) is 2.78. The van der Waals surface area contributed by atoms with Gasteiger partial charge >= 0.3 is 6.03 Å². The molecule has 34 heavy (non-hydrogen) atoms. The van der Waals surface area contributed by atoms with Crippen LogP contribution in [0.1, 0.15) is 25.0 Å². The Labute approximate surface area is 198 Å². The third-order valence-corrected chi connectivity index (χ3v) is 5.97. The Morgan fingerprint density at radius 1 is 1.06 bits per heavy atom. The van der Waals surface area contributed by atoms with Crippen LogP contribution in [-0.2, 0) is 10.3 Å². The molecular formula is C27H28N2O5. The minimum Gasteiger partial charge on any atom is -0.493 e. The van der Waals surface area contributed by atoms with Crippen LogP contribution in [-0.4, -0.2) is 48.3 Å². The smallest absolute Gasteiger partial charge is 0.325 e. The molecule has 1 fully saturated rings. The molecule has 4 rings (SSSR count). The quantitative estimate of drug-likeness (QED) is 0.495. The molecule has 1 aliphatic heterocycles. The number of amides is 3. The molecule has 1 saturated heterocycles. The van der Waals surface area contributed by atoms with Crippen LogP contribution < -0.4 is 14.8 Å². The number of methoxy groups -OCH3 is 1. The van der Waals surface area contributed by atoms with Gasteiger partial charge in [-0.3, -0.25) is 9.69 Å². The van der Waals surface area contributed by atoms with Crippen molar-refractivity contribution < 1.29 is 24.2 Å². The lowest BCUT2D eigenvalue weighted by molar-refractivity contribution is -0.132. The number of carbonyl (C=O) groups excluding carboxylic acids is 2. The number of hydrogen-bond acceptors (Lipinski definition) is 5. The number of hydrogen-bond donors (Lipinski definition) is 2. The molecule has 0 radical (unpaired) electrons. The van der Waals surface area contributed by atoms with Crippen molar-refractivity contribution in [2.75, 3.05) is 20.3 Å². The number of fused-ring (bicyclic) bond motifs is 1. The van der Waals surface area contributed by atoms with E-state index in [1.165, 1.54) is 0 Å². The number of nitrogens with one attached hydrogen (secondary N) is 1. The van der Waals surface area contributed by atoms with Gasteiger partial charge in [-0.05, 0) is 53.9 Å². The monoisotopic (exact) mass is 460 g/mol. The zero-order valence-corrected chi connectivity index (χ0v) is 19.4. The Morgan fingerprint density at radius 2 is 1.82 bits per heavy atom. The zero-order chi connectivity index (χ0) is 24.3. The van der Waals surface area contributed by atoms with E-state index < -0.39 is 23.6 Å². The summed E-state index contributed by atoms with van der Waals surface area (Å²) in [6, 6.07) is 18.4. The number of benzene rings is 3. The predicted octanol–water partition coefficient (Wildman–Crippen LogP) is 4.09. The molecule has 176 valence electrons.